The van der Waals surface area contributed by atoms with Crippen LogP contribution in [0.4, 0.5) is 10.1 Å². The fraction of sp³-hybridized carbons (Fsp3) is 0.500. The number of hydrogen-bond acceptors (Lipinski definition) is 4. The number of hydrogen-bond donors (Lipinski definition) is 0. The van der Waals surface area contributed by atoms with Crippen molar-refractivity contribution in [3.63, 3.8) is 0 Å². The Morgan fingerprint density at radius 3 is 2.31 bits per heavy atom. The largest absolute Gasteiger partial charge is 0.381 e. The predicted octanol–water partition coefficient (Wildman–Crippen LogP) is 3.94. The van der Waals surface area contributed by atoms with Crippen molar-refractivity contribution in [3.8, 4) is 0 Å². The third-order valence-corrected chi connectivity index (χ3v) is 6.91. The lowest BCUT2D eigenvalue weighted by Gasteiger charge is -2.51. The molecular formula is C26H34FN3O2. The van der Waals surface area contributed by atoms with Gasteiger partial charge in [-0.25, -0.2) is 4.39 Å². The van der Waals surface area contributed by atoms with Crippen molar-refractivity contribution in [3.05, 3.63) is 66.0 Å². The maximum Gasteiger partial charge on any atom is 0.226 e. The first-order chi connectivity index (χ1) is 15.6. The normalized spacial score (nSPS) is 19.6. The average molecular weight is 440 g/mol. The number of halogens is 1. The van der Waals surface area contributed by atoms with Gasteiger partial charge in [0.05, 0.1) is 5.69 Å². The van der Waals surface area contributed by atoms with Crippen LogP contribution in [-0.2, 0) is 16.1 Å². The number of piperazine rings is 1. The Morgan fingerprint density at radius 1 is 1.00 bits per heavy atom. The topological polar surface area (TPSA) is 36.0 Å². The van der Waals surface area contributed by atoms with Crippen LogP contribution in [0, 0.1) is 5.82 Å². The number of para-hydroxylation sites is 1. The summed E-state index contributed by atoms with van der Waals surface area (Å²) in [6.45, 7) is 8.51. The molecule has 172 valence electrons. The quantitative estimate of drug-likeness (QED) is 0.655. The Kier molecular flexibility index (Phi) is 7.55. The van der Waals surface area contributed by atoms with Gasteiger partial charge < -0.3 is 9.64 Å². The van der Waals surface area contributed by atoms with Crippen molar-refractivity contribution in [2.45, 2.75) is 38.3 Å². The molecular weight excluding hydrogens is 405 g/mol. The van der Waals surface area contributed by atoms with Crippen LogP contribution in [0.1, 0.15) is 31.7 Å². The minimum Gasteiger partial charge on any atom is -0.381 e. The van der Waals surface area contributed by atoms with Gasteiger partial charge in [0, 0.05) is 64.4 Å². The summed E-state index contributed by atoms with van der Waals surface area (Å²) in [7, 11) is 0. The Bertz CT molecular complexity index is 878. The van der Waals surface area contributed by atoms with Gasteiger partial charge in [0.25, 0.3) is 0 Å². The van der Waals surface area contributed by atoms with Crippen molar-refractivity contribution in [1.82, 2.24) is 9.80 Å². The van der Waals surface area contributed by atoms with Crippen LogP contribution >= 0.6 is 0 Å². The second-order valence-electron chi connectivity index (χ2n) is 8.87. The van der Waals surface area contributed by atoms with Crippen LogP contribution < -0.4 is 4.90 Å². The van der Waals surface area contributed by atoms with Gasteiger partial charge in [0.15, 0.2) is 0 Å². The van der Waals surface area contributed by atoms with Crippen molar-refractivity contribution in [2.75, 3.05) is 50.8 Å². The highest BCUT2D eigenvalue weighted by Crippen LogP contribution is 2.33. The van der Waals surface area contributed by atoms with E-state index >= 15 is 0 Å². The molecule has 1 amide bonds. The summed E-state index contributed by atoms with van der Waals surface area (Å²) in [5.41, 5.74) is 1.53. The van der Waals surface area contributed by atoms with E-state index in [1.165, 1.54) is 11.6 Å². The number of nitrogens with zero attached hydrogens (tertiary/aromatic N) is 3. The highest BCUT2D eigenvalue weighted by molar-refractivity contribution is 5.93. The van der Waals surface area contributed by atoms with Crippen molar-refractivity contribution < 1.29 is 13.9 Å². The summed E-state index contributed by atoms with van der Waals surface area (Å²) in [5.74, 6) is -0.382. The van der Waals surface area contributed by atoms with E-state index in [0.29, 0.717) is 31.9 Å². The van der Waals surface area contributed by atoms with Crippen molar-refractivity contribution in [2.24, 2.45) is 0 Å². The molecule has 2 heterocycles. The number of anilines is 1. The summed E-state index contributed by atoms with van der Waals surface area (Å²) in [4.78, 5) is 19.6. The molecule has 2 aromatic rings. The molecule has 0 saturated carbocycles. The van der Waals surface area contributed by atoms with Gasteiger partial charge in [-0.15, -0.1) is 0 Å². The number of benzene rings is 2. The number of carbonyl (C=O) groups is 1. The highest BCUT2D eigenvalue weighted by Gasteiger charge is 2.42. The number of rotatable bonds is 7. The molecule has 0 aromatic heterocycles. The zero-order valence-corrected chi connectivity index (χ0v) is 19.0. The lowest BCUT2D eigenvalue weighted by molar-refractivity contribution is -0.119. The Hall–Kier alpha value is -2.28. The molecule has 0 radical (unpaired) electrons. The van der Waals surface area contributed by atoms with E-state index in [9.17, 15) is 9.18 Å². The molecule has 6 heteroatoms. The first kappa shape index (κ1) is 22.9. The Morgan fingerprint density at radius 2 is 1.66 bits per heavy atom. The van der Waals surface area contributed by atoms with E-state index in [-0.39, 0.29) is 17.3 Å². The van der Waals surface area contributed by atoms with Gasteiger partial charge in [-0.3, -0.25) is 14.6 Å². The molecule has 0 spiro atoms. The van der Waals surface area contributed by atoms with E-state index < -0.39 is 0 Å². The first-order valence-electron chi connectivity index (χ1n) is 11.8. The van der Waals surface area contributed by atoms with E-state index in [1.807, 2.05) is 6.92 Å². The monoisotopic (exact) mass is 439 g/mol. The molecule has 2 aliphatic rings. The number of carbonyl (C=O) groups excluding carboxylic acids is 1. The number of ether oxygens (including phenoxy) is 1. The van der Waals surface area contributed by atoms with Crippen molar-refractivity contribution >= 4 is 11.6 Å². The fourth-order valence-corrected chi connectivity index (χ4v) is 5.01. The standard InChI is InChI=1S/C26H34FN3O2/c1-2-25(31)30(24-11-7-6-10-23(24)27)21-26(12-18-32-19-13-26)29-16-14-28(15-17-29)20-22-8-4-3-5-9-22/h3-11H,2,12-21H2,1H3. The molecule has 2 saturated heterocycles. The summed E-state index contributed by atoms with van der Waals surface area (Å²) < 4.78 is 20.4. The summed E-state index contributed by atoms with van der Waals surface area (Å²) in [6.07, 6.45) is 2.06. The van der Waals surface area contributed by atoms with Gasteiger partial charge in [-0.2, -0.15) is 0 Å². The van der Waals surface area contributed by atoms with Gasteiger partial charge >= 0.3 is 0 Å². The van der Waals surface area contributed by atoms with Crippen LogP contribution in [0.25, 0.3) is 0 Å². The summed E-state index contributed by atoms with van der Waals surface area (Å²) in [6, 6.07) is 17.2. The molecule has 2 aliphatic heterocycles. The lowest BCUT2D eigenvalue weighted by atomic mass is 9.86. The smallest absolute Gasteiger partial charge is 0.226 e. The zero-order valence-electron chi connectivity index (χ0n) is 19.0. The third kappa shape index (κ3) is 5.20. The second-order valence-corrected chi connectivity index (χ2v) is 8.87. The number of amides is 1. The minimum absolute atomic E-state index is 0.0383. The Balaban J connectivity index is 1.51. The summed E-state index contributed by atoms with van der Waals surface area (Å²) in [5, 5.41) is 0. The predicted molar refractivity (Wildman–Crippen MR) is 125 cm³/mol. The maximum absolute atomic E-state index is 14.7. The zero-order chi connectivity index (χ0) is 22.4. The van der Waals surface area contributed by atoms with Crippen LogP contribution in [-0.4, -0.2) is 67.2 Å². The Labute approximate surface area is 190 Å². The third-order valence-electron chi connectivity index (χ3n) is 6.91. The van der Waals surface area contributed by atoms with E-state index in [2.05, 4.69) is 40.1 Å². The molecule has 5 nitrogen and oxygen atoms in total. The summed E-state index contributed by atoms with van der Waals surface area (Å²) >= 11 is 0. The molecule has 0 aliphatic carbocycles. The molecule has 32 heavy (non-hydrogen) atoms. The van der Waals surface area contributed by atoms with Gasteiger partial charge in [0.1, 0.15) is 5.82 Å². The van der Waals surface area contributed by atoms with Gasteiger partial charge in [0.2, 0.25) is 5.91 Å². The molecule has 0 unspecified atom stereocenters. The molecule has 2 fully saturated rings. The minimum atomic E-state index is -0.343. The van der Waals surface area contributed by atoms with Crippen LogP contribution in [0.15, 0.2) is 54.6 Å². The van der Waals surface area contributed by atoms with E-state index in [0.717, 1.165) is 45.6 Å². The molecule has 0 atom stereocenters. The van der Waals surface area contributed by atoms with E-state index in [1.54, 1.807) is 23.1 Å². The van der Waals surface area contributed by atoms with Crippen LogP contribution in [0.5, 0.6) is 0 Å². The molecule has 4 rings (SSSR count). The van der Waals surface area contributed by atoms with Gasteiger partial charge in [-0.05, 0) is 30.5 Å². The SMILES string of the molecule is CCC(=O)N(CC1(N2CCN(Cc3ccccc3)CC2)CCOCC1)c1ccccc1F. The van der Waals surface area contributed by atoms with Crippen LogP contribution in [0.2, 0.25) is 0 Å². The lowest BCUT2D eigenvalue weighted by Crippen LogP contribution is -2.63. The van der Waals surface area contributed by atoms with Crippen LogP contribution in [0.3, 0.4) is 0 Å². The highest BCUT2D eigenvalue weighted by atomic mass is 19.1. The molecule has 0 bridgehead atoms. The fourth-order valence-electron chi connectivity index (χ4n) is 5.01. The molecule has 2 aromatic carbocycles. The second kappa shape index (κ2) is 10.6. The van der Waals surface area contributed by atoms with Gasteiger partial charge in [-0.1, -0.05) is 49.4 Å². The maximum atomic E-state index is 14.7. The first-order valence-corrected chi connectivity index (χ1v) is 11.8. The van der Waals surface area contributed by atoms with E-state index in [4.69, 9.17) is 4.74 Å². The van der Waals surface area contributed by atoms with Crippen molar-refractivity contribution in [1.29, 1.82) is 0 Å². The molecule has 0 N–H and O–H groups in total. The average Bonchev–Trinajstić information content (AvgIpc) is 2.84.